The number of carbonyl (C=O) groups is 1. The lowest BCUT2D eigenvalue weighted by Crippen LogP contribution is -2.13. The second-order valence-corrected chi connectivity index (χ2v) is 5.04. The number of aromatic nitrogens is 1. The molecule has 2 heterocycles. The van der Waals surface area contributed by atoms with Gasteiger partial charge in [-0.2, -0.15) is 0 Å². The zero-order valence-corrected chi connectivity index (χ0v) is 10.9. The Morgan fingerprint density at radius 3 is 2.94 bits per heavy atom. The van der Waals surface area contributed by atoms with E-state index in [4.69, 9.17) is 4.74 Å². The number of fused-ring (bicyclic) bond motifs is 1. The standard InChI is InChI=1S/C12H14N2O2S/c1-14(2)7-8-10-9(5-4-6-13-10)17-11(8)12(15)16-3/h4-6H,7H2,1-3H3. The minimum absolute atomic E-state index is 0.287. The van der Waals surface area contributed by atoms with Crippen LogP contribution in [0.3, 0.4) is 0 Å². The smallest absolute Gasteiger partial charge is 0.348 e. The van der Waals surface area contributed by atoms with E-state index in [1.165, 1.54) is 18.4 Å². The third-order valence-electron chi connectivity index (χ3n) is 2.39. The molecule has 0 amide bonds. The molecule has 0 bridgehead atoms. The fourth-order valence-corrected chi connectivity index (χ4v) is 2.79. The van der Waals surface area contributed by atoms with Crippen molar-refractivity contribution in [2.24, 2.45) is 0 Å². The summed E-state index contributed by atoms with van der Waals surface area (Å²) < 4.78 is 5.83. The minimum Gasteiger partial charge on any atom is -0.465 e. The minimum atomic E-state index is -0.287. The van der Waals surface area contributed by atoms with Crippen LogP contribution in [0, 0.1) is 0 Å². The Labute approximate surface area is 104 Å². The van der Waals surface area contributed by atoms with Crippen LogP contribution in [0.5, 0.6) is 0 Å². The van der Waals surface area contributed by atoms with Crippen molar-refractivity contribution in [3.8, 4) is 0 Å². The number of hydrogen-bond donors (Lipinski definition) is 0. The number of pyridine rings is 1. The predicted octanol–water partition coefficient (Wildman–Crippen LogP) is 2.14. The molecular weight excluding hydrogens is 236 g/mol. The van der Waals surface area contributed by atoms with Crippen molar-refractivity contribution in [3.63, 3.8) is 0 Å². The van der Waals surface area contributed by atoms with Crippen molar-refractivity contribution in [3.05, 3.63) is 28.8 Å². The molecule has 0 spiro atoms. The van der Waals surface area contributed by atoms with Crippen LogP contribution in [0.2, 0.25) is 0 Å². The zero-order valence-electron chi connectivity index (χ0n) is 10.1. The van der Waals surface area contributed by atoms with Crippen LogP contribution in [0.4, 0.5) is 0 Å². The number of nitrogens with zero attached hydrogens (tertiary/aromatic N) is 2. The van der Waals surface area contributed by atoms with E-state index in [0.29, 0.717) is 11.4 Å². The summed E-state index contributed by atoms with van der Waals surface area (Å²) in [5.41, 5.74) is 1.84. The molecular formula is C12H14N2O2S. The lowest BCUT2D eigenvalue weighted by atomic mass is 10.2. The summed E-state index contributed by atoms with van der Waals surface area (Å²) in [7, 11) is 5.33. The molecule has 2 aromatic rings. The molecule has 4 nitrogen and oxygen atoms in total. The maximum atomic E-state index is 11.7. The molecule has 2 aromatic heterocycles. The number of methoxy groups -OCH3 is 1. The van der Waals surface area contributed by atoms with Crippen LogP contribution in [0.15, 0.2) is 18.3 Å². The maximum Gasteiger partial charge on any atom is 0.348 e. The molecule has 0 saturated carbocycles. The summed E-state index contributed by atoms with van der Waals surface area (Å²) in [4.78, 5) is 18.7. The highest BCUT2D eigenvalue weighted by atomic mass is 32.1. The first-order chi connectivity index (χ1) is 8.13. The molecule has 90 valence electrons. The van der Waals surface area contributed by atoms with Crippen molar-refractivity contribution in [2.45, 2.75) is 6.54 Å². The van der Waals surface area contributed by atoms with E-state index in [9.17, 15) is 4.79 Å². The number of rotatable bonds is 3. The lowest BCUT2D eigenvalue weighted by Gasteiger charge is -2.09. The van der Waals surface area contributed by atoms with Crippen molar-refractivity contribution in [1.29, 1.82) is 0 Å². The van der Waals surface area contributed by atoms with Gasteiger partial charge in [0, 0.05) is 18.3 Å². The average molecular weight is 250 g/mol. The Morgan fingerprint density at radius 1 is 1.53 bits per heavy atom. The van der Waals surface area contributed by atoms with Crippen molar-refractivity contribution >= 4 is 27.5 Å². The molecule has 5 heteroatoms. The van der Waals surface area contributed by atoms with Crippen LogP contribution in [-0.4, -0.2) is 37.1 Å². The highest BCUT2D eigenvalue weighted by Crippen LogP contribution is 2.30. The van der Waals surface area contributed by atoms with E-state index in [0.717, 1.165) is 15.8 Å². The van der Waals surface area contributed by atoms with Crippen LogP contribution in [0.1, 0.15) is 15.2 Å². The van der Waals surface area contributed by atoms with E-state index in [-0.39, 0.29) is 5.97 Å². The SMILES string of the molecule is COC(=O)c1sc2cccnc2c1CN(C)C. The van der Waals surface area contributed by atoms with Gasteiger partial charge in [0.15, 0.2) is 0 Å². The first-order valence-electron chi connectivity index (χ1n) is 5.23. The number of thiophene rings is 1. The van der Waals surface area contributed by atoms with Crippen LogP contribution in [-0.2, 0) is 11.3 Å². The molecule has 0 radical (unpaired) electrons. The molecule has 0 N–H and O–H groups in total. The van der Waals surface area contributed by atoms with E-state index < -0.39 is 0 Å². The van der Waals surface area contributed by atoms with Gasteiger partial charge in [0.05, 0.1) is 17.3 Å². The summed E-state index contributed by atoms with van der Waals surface area (Å²) in [6.07, 6.45) is 1.75. The Balaban J connectivity index is 2.60. The highest BCUT2D eigenvalue weighted by Gasteiger charge is 2.19. The van der Waals surface area contributed by atoms with Crippen LogP contribution < -0.4 is 0 Å². The Hall–Kier alpha value is -1.46. The second kappa shape index (κ2) is 4.81. The molecule has 0 aliphatic rings. The number of hydrogen-bond acceptors (Lipinski definition) is 5. The molecule has 0 aliphatic carbocycles. The third-order valence-corrected chi connectivity index (χ3v) is 3.55. The van der Waals surface area contributed by atoms with Crippen molar-refractivity contribution in [2.75, 3.05) is 21.2 Å². The van der Waals surface area contributed by atoms with Gasteiger partial charge >= 0.3 is 5.97 Å². The summed E-state index contributed by atoms with van der Waals surface area (Å²) >= 11 is 1.43. The van der Waals surface area contributed by atoms with E-state index in [1.54, 1.807) is 6.20 Å². The molecule has 0 fully saturated rings. The van der Waals surface area contributed by atoms with Gasteiger partial charge in [0.1, 0.15) is 4.88 Å². The summed E-state index contributed by atoms with van der Waals surface area (Å²) in [5, 5.41) is 0. The van der Waals surface area contributed by atoms with Gasteiger partial charge in [-0.1, -0.05) is 0 Å². The molecule has 2 rings (SSSR count). The van der Waals surface area contributed by atoms with Gasteiger partial charge in [-0.3, -0.25) is 4.98 Å². The fourth-order valence-electron chi connectivity index (χ4n) is 1.70. The number of ether oxygens (including phenoxy) is 1. The Bertz CT molecular complexity index is 548. The zero-order chi connectivity index (χ0) is 12.4. The summed E-state index contributed by atoms with van der Waals surface area (Å²) in [5.74, 6) is -0.287. The normalized spacial score (nSPS) is 11.1. The second-order valence-electron chi connectivity index (χ2n) is 3.99. The van der Waals surface area contributed by atoms with Gasteiger partial charge in [-0.25, -0.2) is 4.79 Å². The molecule has 0 saturated heterocycles. The first-order valence-corrected chi connectivity index (χ1v) is 6.04. The molecule has 0 unspecified atom stereocenters. The Morgan fingerprint density at radius 2 is 2.29 bits per heavy atom. The van der Waals surface area contributed by atoms with E-state index >= 15 is 0 Å². The molecule has 0 aliphatic heterocycles. The monoisotopic (exact) mass is 250 g/mol. The summed E-state index contributed by atoms with van der Waals surface area (Å²) in [6.45, 7) is 0.682. The lowest BCUT2D eigenvalue weighted by molar-refractivity contribution is 0.0604. The molecule has 0 atom stereocenters. The average Bonchev–Trinajstić information content (AvgIpc) is 2.67. The highest BCUT2D eigenvalue weighted by molar-refractivity contribution is 7.20. The van der Waals surface area contributed by atoms with E-state index in [2.05, 4.69) is 4.98 Å². The summed E-state index contributed by atoms with van der Waals surface area (Å²) in [6, 6.07) is 3.85. The number of carbonyl (C=O) groups excluding carboxylic acids is 1. The fraction of sp³-hybridized carbons (Fsp3) is 0.333. The molecule has 0 aromatic carbocycles. The van der Waals surface area contributed by atoms with Gasteiger partial charge < -0.3 is 9.64 Å². The quantitative estimate of drug-likeness (QED) is 0.783. The van der Waals surface area contributed by atoms with Crippen LogP contribution in [0.25, 0.3) is 10.2 Å². The number of esters is 1. The largest absolute Gasteiger partial charge is 0.465 e. The van der Waals surface area contributed by atoms with Gasteiger partial charge in [0.2, 0.25) is 0 Å². The first kappa shape index (κ1) is 12.0. The van der Waals surface area contributed by atoms with E-state index in [1.807, 2.05) is 31.1 Å². The molecule has 17 heavy (non-hydrogen) atoms. The predicted molar refractivity (Wildman–Crippen MR) is 68.4 cm³/mol. The van der Waals surface area contributed by atoms with Crippen LogP contribution >= 0.6 is 11.3 Å². The topological polar surface area (TPSA) is 42.4 Å². The van der Waals surface area contributed by atoms with Crippen molar-refractivity contribution < 1.29 is 9.53 Å². The Kier molecular flexibility index (Phi) is 3.40. The van der Waals surface area contributed by atoms with Crippen molar-refractivity contribution in [1.82, 2.24) is 9.88 Å². The van der Waals surface area contributed by atoms with Gasteiger partial charge in [0.25, 0.3) is 0 Å². The van der Waals surface area contributed by atoms with Gasteiger partial charge in [-0.05, 0) is 26.2 Å². The van der Waals surface area contributed by atoms with Gasteiger partial charge in [-0.15, -0.1) is 11.3 Å². The third kappa shape index (κ3) is 2.30. The maximum absolute atomic E-state index is 11.7.